The maximum absolute atomic E-state index is 12.5. The summed E-state index contributed by atoms with van der Waals surface area (Å²) in [5.41, 5.74) is 0.564. The molecule has 1 aromatic carbocycles. The second-order valence-electron chi connectivity index (χ2n) is 6.48. The van der Waals surface area contributed by atoms with E-state index >= 15 is 0 Å². The van der Waals surface area contributed by atoms with Crippen molar-refractivity contribution in [3.8, 4) is 5.75 Å². The molecule has 2 fully saturated rings. The second kappa shape index (κ2) is 6.20. The van der Waals surface area contributed by atoms with Crippen molar-refractivity contribution in [1.29, 1.82) is 0 Å². The third kappa shape index (κ3) is 3.17. The lowest BCUT2D eigenvalue weighted by atomic mass is 9.87. The predicted molar refractivity (Wildman–Crippen MR) is 83.9 cm³/mol. The zero-order chi connectivity index (χ0) is 16.4. The van der Waals surface area contributed by atoms with Gasteiger partial charge in [-0.3, -0.25) is 9.59 Å². The van der Waals surface area contributed by atoms with Gasteiger partial charge in [-0.2, -0.15) is 0 Å². The minimum atomic E-state index is -0.482. The molecule has 0 saturated carbocycles. The summed E-state index contributed by atoms with van der Waals surface area (Å²) in [6.45, 7) is 3.92. The van der Waals surface area contributed by atoms with E-state index in [1.807, 2.05) is 31.2 Å². The van der Waals surface area contributed by atoms with Gasteiger partial charge in [0.05, 0.1) is 25.7 Å². The molecule has 23 heavy (non-hydrogen) atoms. The Morgan fingerprint density at radius 2 is 2.09 bits per heavy atom. The van der Waals surface area contributed by atoms with Crippen LogP contribution in [0.3, 0.4) is 0 Å². The average Bonchev–Trinajstić information content (AvgIpc) is 2.86. The lowest BCUT2D eigenvalue weighted by Crippen LogP contribution is -2.55. The summed E-state index contributed by atoms with van der Waals surface area (Å²) in [7, 11) is 1.62. The second-order valence-corrected chi connectivity index (χ2v) is 6.48. The fraction of sp³-hybridized carbons (Fsp3) is 0.529. The summed E-state index contributed by atoms with van der Waals surface area (Å²) in [4.78, 5) is 26.4. The average molecular weight is 318 g/mol. The molecule has 2 amide bonds. The predicted octanol–water partition coefficient (Wildman–Crippen LogP) is 0.949. The molecular weight excluding hydrogens is 296 g/mol. The number of methoxy groups -OCH3 is 1. The van der Waals surface area contributed by atoms with Gasteiger partial charge in [0.2, 0.25) is 11.8 Å². The Hall–Kier alpha value is -2.08. The van der Waals surface area contributed by atoms with Gasteiger partial charge in [0.25, 0.3) is 0 Å². The lowest BCUT2D eigenvalue weighted by Gasteiger charge is -2.36. The first-order chi connectivity index (χ1) is 11.0. The van der Waals surface area contributed by atoms with Crippen molar-refractivity contribution in [3.63, 3.8) is 0 Å². The molecule has 2 heterocycles. The topological polar surface area (TPSA) is 67.9 Å². The highest BCUT2D eigenvalue weighted by molar-refractivity contribution is 5.91. The Labute approximate surface area is 135 Å². The van der Waals surface area contributed by atoms with Crippen molar-refractivity contribution in [2.45, 2.75) is 25.9 Å². The van der Waals surface area contributed by atoms with Crippen LogP contribution in [0.1, 0.15) is 18.9 Å². The molecule has 0 radical (unpaired) electrons. The highest BCUT2D eigenvalue weighted by Gasteiger charge is 2.43. The zero-order valence-corrected chi connectivity index (χ0v) is 13.5. The molecular formula is C17H22N2O4. The number of hydrogen-bond donors (Lipinski definition) is 1. The minimum Gasteiger partial charge on any atom is -0.497 e. The molecule has 2 saturated heterocycles. The maximum atomic E-state index is 12.5. The van der Waals surface area contributed by atoms with E-state index in [-0.39, 0.29) is 11.8 Å². The molecule has 0 bridgehead atoms. The monoisotopic (exact) mass is 318 g/mol. The number of amides is 2. The molecule has 1 atom stereocenters. The third-order valence-electron chi connectivity index (χ3n) is 4.52. The van der Waals surface area contributed by atoms with Crippen molar-refractivity contribution < 1.29 is 19.1 Å². The molecule has 0 aromatic heterocycles. The van der Waals surface area contributed by atoms with Gasteiger partial charge in [0, 0.05) is 13.1 Å². The van der Waals surface area contributed by atoms with Gasteiger partial charge in [-0.05, 0) is 31.0 Å². The molecule has 1 N–H and O–H groups in total. The zero-order valence-electron chi connectivity index (χ0n) is 13.5. The van der Waals surface area contributed by atoms with E-state index in [1.54, 1.807) is 12.0 Å². The first-order valence-electron chi connectivity index (χ1n) is 7.82. The summed E-state index contributed by atoms with van der Waals surface area (Å²) < 4.78 is 10.2. The van der Waals surface area contributed by atoms with Crippen LogP contribution in [0.25, 0.3) is 0 Å². The Kier molecular flexibility index (Phi) is 4.26. The summed E-state index contributed by atoms with van der Waals surface area (Å²) in [5.74, 6) is 0.689. The fourth-order valence-corrected chi connectivity index (χ4v) is 2.85. The van der Waals surface area contributed by atoms with Crippen molar-refractivity contribution in [3.05, 3.63) is 29.8 Å². The summed E-state index contributed by atoms with van der Waals surface area (Å²) in [5, 5.41) is 2.87. The van der Waals surface area contributed by atoms with E-state index in [1.165, 1.54) is 0 Å². The molecule has 3 rings (SSSR count). The Bertz CT molecular complexity index is 595. The molecule has 6 heteroatoms. The van der Waals surface area contributed by atoms with Gasteiger partial charge in [0.1, 0.15) is 11.8 Å². The first-order valence-corrected chi connectivity index (χ1v) is 7.82. The number of benzene rings is 1. The lowest BCUT2D eigenvalue weighted by molar-refractivity contribution is -0.159. The SMILES string of the molecule is COc1ccc(CN2CCC(NC(=O)C3(C)COC3)C2=O)cc1. The molecule has 2 aliphatic heterocycles. The Morgan fingerprint density at radius 3 is 2.65 bits per heavy atom. The molecule has 124 valence electrons. The van der Waals surface area contributed by atoms with Crippen LogP contribution < -0.4 is 10.1 Å². The number of likely N-dealkylation sites (tertiary alicyclic amines) is 1. The highest BCUT2D eigenvalue weighted by Crippen LogP contribution is 2.27. The Balaban J connectivity index is 1.56. The normalized spacial score (nSPS) is 22.6. The fourth-order valence-electron chi connectivity index (χ4n) is 2.85. The summed E-state index contributed by atoms with van der Waals surface area (Å²) in [6, 6.07) is 7.24. The number of nitrogens with one attached hydrogen (secondary N) is 1. The van der Waals surface area contributed by atoms with Crippen LogP contribution in [-0.2, 0) is 20.9 Å². The first kappa shape index (κ1) is 15.8. The summed E-state index contributed by atoms with van der Waals surface area (Å²) >= 11 is 0. The van der Waals surface area contributed by atoms with Gasteiger partial charge >= 0.3 is 0 Å². The van der Waals surface area contributed by atoms with E-state index in [9.17, 15) is 9.59 Å². The number of hydrogen-bond acceptors (Lipinski definition) is 4. The van der Waals surface area contributed by atoms with Crippen LogP contribution in [0, 0.1) is 5.41 Å². The number of nitrogens with zero attached hydrogens (tertiary/aromatic N) is 1. The van der Waals surface area contributed by atoms with Gasteiger partial charge < -0.3 is 19.7 Å². The smallest absolute Gasteiger partial charge is 0.245 e. The Morgan fingerprint density at radius 1 is 1.39 bits per heavy atom. The highest BCUT2D eigenvalue weighted by atomic mass is 16.5. The third-order valence-corrected chi connectivity index (χ3v) is 4.52. The number of carbonyl (C=O) groups excluding carboxylic acids is 2. The van der Waals surface area contributed by atoms with Crippen LogP contribution in [0.5, 0.6) is 5.75 Å². The number of carbonyl (C=O) groups is 2. The van der Waals surface area contributed by atoms with Gasteiger partial charge in [0.15, 0.2) is 0 Å². The van der Waals surface area contributed by atoms with E-state index in [0.29, 0.717) is 32.7 Å². The van der Waals surface area contributed by atoms with Crippen molar-refractivity contribution in [2.75, 3.05) is 26.9 Å². The van der Waals surface area contributed by atoms with Crippen LogP contribution in [0.4, 0.5) is 0 Å². The number of rotatable bonds is 5. The largest absolute Gasteiger partial charge is 0.497 e. The van der Waals surface area contributed by atoms with Gasteiger partial charge in [-0.1, -0.05) is 12.1 Å². The van der Waals surface area contributed by atoms with E-state index in [4.69, 9.17) is 9.47 Å². The van der Waals surface area contributed by atoms with Crippen LogP contribution in [0.15, 0.2) is 24.3 Å². The standard InChI is InChI=1S/C17H22N2O4/c1-17(10-23-11-17)16(21)18-14-7-8-19(15(14)20)9-12-3-5-13(22-2)6-4-12/h3-6,14H,7-11H2,1-2H3,(H,18,21). The summed E-state index contributed by atoms with van der Waals surface area (Å²) in [6.07, 6.45) is 0.650. The molecule has 0 spiro atoms. The molecule has 6 nitrogen and oxygen atoms in total. The molecule has 2 aliphatic rings. The van der Waals surface area contributed by atoms with Crippen molar-refractivity contribution in [1.82, 2.24) is 10.2 Å². The van der Waals surface area contributed by atoms with Crippen LogP contribution >= 0.6 is 0 Å². The van der Waals surface area contributed by atoms with Gasteiger partial charge in [-0.15, -0.1) is 0 Å². The molecule has 1 aromatic rings. The van der Waals surface area contributed by atoms with E-state index in [2.05, 4.69) is 5.32 Å². The van der Waals surface area contributed by atoms with Crippen molar-refractivity contribution in [2.24, 2.45) is 5.41 Å². The maximum Gasteiger partial charge on any atom is 0.245 e. The molecule has 1 unspecified atom stereocenters. The van der Waals surface area contributed by atoms with Crippen molar-refractivity contribution >= 4 is 11.8 Å². The van der Waals surface area contributed by atoms with E-state index < -0.39 is 11.5 Å². The minimum absolute atomic E-state index is 0.0157. The number of ether oxygens (including phenoxy) is 2. The van der Waals surface area contributed by atoms with Crippen LogP contribution in [0.2, 0.25) is 0 Å². The molecule has 0 aliphatic carbocycles. The quantitative estimate of drug-likeness (QED) is 0.878. The van der Waals surface area contributed by atoms with Gasteiger partial charge in [-0.25, -0.2) is 0 Å². The van der Waals surface area contributed by atoms with Crippen LogP contribution in [-0.4, -0.2) is 49.6 Å². The van der Waals surface area contributed by atoms with E-state index in [0.717, 1.165) is 11.3 Å².